The normalized spacial score (nSPS) is 14.0. The summed E-state index contributed by atoms with van der Waals surface area (Å²) in [4.78, 5) is 27.8. The van der Waals surface area contributed by atoms with Gasteiger partial charge >= 0.3 is 0 Å². The minimum Gasteiger partial charge on any atom is -0.484 e. The van der Waals surface area contributed by atoms with Crippen LogP contribution in [-0.2, 0) is 9.59 Å². The first-order valence-electron chi connectivity index (χ1n) is 9.22. The van der Waals surface area contributed by atoms with Crippen molar-refractivity contribution in [1.82, 2.24) is 4.90 Å². The number of nitrogens with one attached hydrogen (secondary N) is 1. The summed E-state index contributed by atoms with van der Waals surface area (Å²) >= 11 is 6.43. The van der Waals surface area contributed by atoms with Crippen molar-refractivity contribution in [3.05, 3.63) is 53.1 Å². The Labute approximate surface area is 170 Å². The molecule has 0 aromatic heterocycles. The van der Waals surface area contributed by atoms with Gasteiger partial charge in [-0.2, -0.15) is 0 Å². The minimum absolute atomic E-state index is 0.0700. The fourth-order valence-electron chi connectivity index (χ4n) is 3.15. The van der Waals surface area contributed by atoms with Crippen molar-refractivity contribution in [1.29, 1.82) is 0 Å². The smallest absolute Gasteiger partial charge is 0.262 e. The number of aryl methyl sites for hydroxylation is 1. The zero-order chi connectivity index (χ0) is 20.1. The maximum atomic E-state index is 12.4. The topological polar surface area (TPSA) is 61.9 Å². The number of para-hydroxylation sites is 1. The third kappa shape index (κ3) is 4.95. The van der Waals surface area contributed by atoms with Crippen molar-refractivity contribution in [2.45, 2.75) is 13.8 Å². The van der Waals surface area contributed by atoms with Crippen LogP contribution in [0.3, 0.4) is 0 Å². The van der Waals surface area contributed by atoms with E-state index in [1.165, 1.54) is 0 Å². The maximum absolute atomic E-state index is 12.4. The van der Waals surface area contributed by atoms with Crippen LogP contribution in [0.1, 0.15) is 12.5 Å². The first-order chi connectivity index (χ1) is 13.4. The van der Waals surface area contributed by atoms with Gasteiger partial charge in [0.05, 0.1) is 16.4 Å². The lowest BCUT2D eigenvalue weighted by Gasteiger charge is -2.36. The number of amides is 2. The second kappa shape index (κ2) is 8.97. The quantitative estimate of drug-likeness (QED) is 0.834. The SMILES string of the molecule is CC(=O)N1CCN(c2c(Cl)cccc2NC(=O)COc2ccc(C)cc2)CC1. The Kier molecular flexibility index (Phi) is 6.41. The molecule has 0 aliphatic carbocycles. The van der Waals surface area contributed by atoms with Crippen LogP contribution in [0.5, 0.6) is 5.75 Å². The van der Waals surface area contributed by atoms with Gasteiger partial charge in [0.15, 0.2) is 6.61 Å². The fraction of sp³-hybridized carbons (Fsp3) is 0.333. The van der Waals surface area contributed by atoms with Gasteiger partial charge in [-0.1, -0.05) is 35.4 Å². The number of halogens is 1. The summed E-state index contributed by atoms with van der Waals surface area (Å²) < 4.78 is 5.55. The zero-order valence-corrected chi connectivity index (χ0v) is 16.8. The lowest BCUT2D eigenvalue weighted by molar-refractivity contribution is -0.129. The Morgan fingerprint density at radius 1 is 1.07 bits per heavy atom. The van der Waals surface area contributed by atoms with E-state index >= 15 is 0 Å². The van der Waals surface area contributed by atoms with Crippen LogP contribution in [0, 0.1) is 6.92 Å². The number of carbonyl (C=O) groups excluding carboxylic acids is 2. The lowest BCUT2D eigenvalue weighted by atomic mass is 10.2. The van der Waals surface area contributed by atoms with E-state index in [-0.39, 0.29) is 18.4 Å². The summed E-state index contributed by atoms with van der Waals surface area (Å²) in [6.07, 6.45) is 0. The molecule has 0 radical (unpaired) electrons. The molecule has 0 bridgehead atoms. The Hall–Kier alpha value is -2.73. The Morgan fingerprint density at radius 3 is 2.39 bits per heavy atom. The van der Waals surface area contributed by atoms with Crippen molar-refractivity contribution >= 4 is 34.8 Å². The van der Waals surface area contributed by atoms with Crippen LogP contribution in [-0.4, -0.2) is 49.5 Å². The molecule has 2 aromatic rings. The van der Waals surface area contributed by atoms with Gasteiger partial charge < -0.3 is 19.9 Å². The minimum atomic E-state index is -0.258. The number of rotatable bonds is 5. The summed E-state index contributed by atoms with van der Waals surface area (Å²) in [5, 5.41) is 3.46. The van der Waals surface area contributed by atoms with Gasteiger partial charge in [0.2, 0.25) is 5.91 Å². The average Bonchev–Trinajstić information content (AvgIpc) is 2.68. The molecule has 7 heteroatoms. The molecule has 1 saturated heterocycles. The highest BCUT2D eigenvalue weighted by molar-refractivity contribution is 6.34. The highest BCUT2D eigenvalue weighted by atomic mass is 35.5. The van der Waals surface area contributed by atoms with Gasteiger partial charge in [-0.3, -0.25) is 9.59 Å². The molecule has 0 spiro atoms. The van der Waals surface area contributed by atoms with E-state index in [9.17, 15) is 9.59 Å². The second-order valence-electron chi connectivity index (χ2n) is 6.78. The fourth-order valence-corrected chi connectivity index (χ4v) is 3.45. The third-order valence-corrected chi connectivity index (χ3v) is 5.00. The van der Waals surface area contributed by atoms with Crippen LogP contribution in [0.2, 0.25) is 5.02 Å². The summed E-state index contributed by atoms with van der Waals surface area (Å²) in [7, 11) is 0. The number of anilines is 2. The molecule has 28 heavy (non-hydrogen) atoms. The van der Waals surface area contributed by atoms with E-state index in [2.05, 4.69) is 10.2 Å². The molecule has 148 valence electrons. The standard InChI is InChI=1S/C21H24ClN3O3/c1-15-6-8-17(9-7-15)28-14-20(27)23-19-5-3-4-18(22)21(19)25-12-10-24(11-13-25)16(2)26/h3-9H,10-14H2,1-2H3,(H,23,27). The third-order valence-electron chi connectivity index (χ3n) is 4.69. The first-order valence-corrected chi connectivity index (χ1v) is 9.60. The van der Waals surface area contributed by atoms with Crippen molar-refractivity contribution in [2.75, 3.05) is 43.0 Å². The number of nitrogens with zero attached hydrogens (tertiary/aromatic N) is 2. The van der Waals surface area contributed by atoms with Crippen LogP contribution < -0.4 is 15.0 Å². The van der Waals surface area contributed by atoms with Crippen LogP contribution in [0.15, 0.2) is 42.5 Å². The van der Waals surface area contributed by atoms with Gasteiger partial charge in [-0.15, -0.1) is 0 Å². The zero-order valence-electron chi connectivity index (χ0n) is 16.1. The maximum Gasteiger partial charge on any atom is 0.262 e. The molecule has 1 N–H and O–H groups in total. The molecule has 0 unspecified atom stereocenters. The average molecular weight is 402 g/mol. The van der Waals surface area contributed by atoms with Crippen LogP contribution in [0.4, 0.5) is 11.4 Å². The van der Waals surface area contributed by atoms with Crippen LogP contribution in [0.25, 0.3) is 0 Å². The molecule has 0 atom stereocenters. The molecular weight excluding hydrogens is 378 g/mol. The van der Waals surface area contributed by atoms with E-state index in [4.69, 9.17) is 16.3 Å². The van der Waals surface area contributed by atoms with E-state index in [0.29, 0.717) is 42.6 Å². The Bertz CT molecular complexity index is 846. The van der Waals surface area contributed by atoms with E-state index in [1.807, 2.05) is 37.3 Å². The van der Waals surface area contributed by atoms with Crippen molar-refractivity contribution in [3.63, 3.8) is 0 Å². The number of piperazine rings is 1. The molecule has 1 heterocycles. The van der Waals surface area contributed by atoms with Gasteiger partial charge in [0.1, 0.15) is 5.75 Å². The second-order valence-corrected chi connectivity index (χ2v) is 7.19. The van der Waals surface area contributed by atoms with E-state index < -0.39 is 0 Å². The number of ether oxygens (including phenoxy) is 1. The predicted octanol–water partition coefficient (Wildman–Crippen LogP) is 3.33. The Balaban J connectivity index is 1.65. The molecule has 6 nitrogen and oxygen atoms in total. The molecule has 1 fully saturated rings. The number of hydrogen-bond acceptors (Lipinski definition) is 4. The highest BCUT2D eigenvalue weighted by Gasteiger charge is 2.23. The first kappa shape index (κ1) is 20.0. The van der Waals surface area contributed by atoms with Crippen molar-refractivity contribution in [3.8, 4) is 5.75 Å². The summed E-state index contributed by atoms with van der Waals surface area (Å²) in [6.45, 7) is 6.05. The van der Waals surface area contributed by atoms with Crippen molar-refractivity contribution < 1.29 is 14.3 Å². The van der Waals surface area contributed by atoms with Gasteiger partial charge in [0.25, 0.3) is 5.91 Å². The molecule has 0 saturated carbocycles. The predicted molar refractivity (Wildman–Crippen MR) is 111 cm³/mol. The molecule has 1 aliphatic rings. The number of hydrogen-bond donors (Lipinski definition) is 1. The van der Waals surface area contributed by atoms with Gasteiger partial charge in [-0.25, -0.2) is 0 Å². The molecule has 1 aliphatic heterocycles. The van der Waals surface area contributed by atoms with E-state index in [0.717, 1.165) is 11.3 Å². The molecule has 3 rings (SSSR count). The summed E-state index contributed by atoms with van der Waals surface area (Å²) in [6, 6.07) is 13.0. The highest BCUT2D eigenvalue weighted by Crippen LogP contribution is 2.34. The van der Waals surface area contributed by atoms with Crippen molar-refractivity contribution in [2.24, 2.45) is 0 Å². The van der Waals surface area contributed by atoms with Gasteiger partial charge in [-0.05, 0) is 31.2 Å². The lowest BCUT2D eigenvalue weighted by Crippen LogP contribution is -2.48. The summed E-state index contributed by atoms with van der Waals surface area (Å²) in [5.74, 6) is 0.458. The van der Waals surface area contributed by atoms with Gasteiger partial charge in [0, 0.05) is 33.1 Å². The number of carbonyl (C=O) groups is 2. The van der Waals surface area contributed by atoms with Crippen LogP contribution >= 0.6 is 11.6 Å². The largest absolute Gasteiger partial charge is 0.484 e. The molecular formula is C21H24ClN3O3. The number of benzene rings is 2. The van der Waals surface area contributed by atoms with E-state index in [1.54, 1.807) is 24.0 Å². The molecule has 2 amide bonds. The molecule has 2 aromatic carbocycles. The monoisotopic (exact) mass is 401 g/mol. The Morgan fingerprint density at radius 2 is 1.75 bits per heavy atom. The summed E-state index contributed by atoms with van der Waals surface area (Å²) in [5.41, 5.74) is 2.54.